The van der Waals surface area contributed by atoms with E-state index >= 15 is 0 Å². The number of hydrogen-bond acceptors (Lipinski definition) is 15. The van der Waals surface area contributed by atoms with Crippen LogP contribution in [0, 0.1) is 34.3 Å². The fourth-order valence-electron chi connectivity index (χ4n) is 14.6. The number of anilines is 4. The van der Waals surface area contributed by atoms with Crippen LogP contribution in [0.4, 0.5) is 31.5 Å². The molecule has 2 saturated heterocycles. The molecule has 14 rings (SSSR count). The van der Waals surface area contributed by atoms with Crippen LogP contribution in [0.5, 0.6) is 0 Å². The predicted octanol–water partition coefficient (Wildman–Crippen LogP) is 15.8. The lowest BCUT2D eigenvalue weighted by Crippen LogP contribution is -2.46. The minimum absolute atomic E-state index is 0.0175. The molecule has 4 aliphatic heterocycles. The number of carbonyl (C=O) groups is 1. The Morgan fingerprint density at radius 2 is 1.07 bits per heavy atom. The molecule has 24 heteroatoms. The maximum Gasteiger partial charge on any atom is 0.248 e. The minimum Gasteiger partial charge on any atom is -0.387 e. The normalized spacial score (nSPS) is 16.0. The molecule has 4 aromatic heterocycles. The Labute approximate surface area is 599 Å². The van der Waals surface area contributed by atoms with Gasteiger partial charge in [0, 0.05) is 122 Å². The molecule has 0 radical (unpaired) electrons. The molecule has 6 aromatic carbocycles. The Hall–Kier alpha value is -8.67. The van der Waals surface area contributed by atoms with Crippen molar-refractivity contribution in [3.8, 4) is 12.1 Å². The number of amides is 1. The third kappa shape index (κ3) is 14.8. The first-order chi connectivity index (χ1) is 48.0. The minimum atomic E-state index is -0.552. The van der Waals surface area contributed by atoms with Gasteiger partial charge in [-0.2, -0.15) is 10.5 Å². The highest BCUT2D eigenvalue weighted by Crippen LogP contribution is 2.43. The highest BCUT2D eigenvalue weighted by atomic mass is 35.5. The van der Waals surface area contributed by atoms with Gasteiger partial charge in [-0.15, -0.1) is 10.2 Å². The second-order valence-electron chi connectivity index (χ2n) is 28.3. The van der Waals surface area contributed by atoms with Crippen LogP contribution in [0.25, 0.3) is 21.8 Å². The first-order valence-corrected chi connectivity index (χ1v) is 35.1. The highest BCUT2D eigenvalue weighted by molar-refractivity contribution is 6.36. The van der Waals surface area contributed by atoms with Crippen molar-refractivity contribution in [2.24, 2.45) is 0 Å². The molecule has 8 heterocycles. The molecule has 0 aliphatic carbocycles. The van der Waals surface area contributed by atoms with Crippen molar-refractivity contribution in [1.82, 2.24) is 60.0 Å². The molecule has 10 aromatic rings. The number of hydrogen-bond donors (Lipinski definition) is 4. The topological polar surface area (TPSA) is 218 Å². The number of rotatable bonds is 15. The zero-order valence-electron chi connectivity index (χ0n) is 56.4. The van der Waals surface area contributed by atoms with E-state index in [0.29, 0.717) is 92.1 Å². The van der Waals surface area contributed by atoms with Gasteiger partial charge in [0.1, 0.15) is 30.4 Å². The third-order valence-electron chi connectivity index (χ3n) is 20.0. The summed E-state index contributed by atoms with van der Waals surface area (Å²) in [5.41, 5.74) is 14.4. The summed E-state index contributed by atoms with van der Waals surface area (Å²) in [4.78, 5) is 28.3. The van der Waals surface area contributed by atoms with Gasteiger partial charge in [0.05, 0.1) is 77.1 Å². The number of halogens is 6. The maximum absolute atomic E-state index is 14.0. The molecule has 0 unspecified atom stereocenters. The van der Waals surface area contributed by atoms with Gasteiger partial charge in [0.25, 0.3) is 0 Å². The summed E-state index contributed by atoms with van der Waals surface area (Å²) in [7, 11) is 0. The van der Waals surface area contributed by atoms with Gasteiger partial charge < -0.3 is 26.0 Å². The predicted molar refractivity (Wildman–Crippen MR) is 387 cm³/mol. The summed E-state index contributed by atoms with van der Waals surface area (Å²) in [6.45, 7) is 19.4. The largest absolute Gasteiger partial charge is 0.387 e. The van der Waals surface area contributed by atoms with E-state index < -0.39 is 18.2 Å². The molecule has 2 fully saturated rings. The van der Waals surface area contributed by atoms with Gasteiger partial charge in [-0.3, -0.25) is 24.6 Å². The van der Waals surface area contributed by atoms with E-state index in [1.54, 1.807) is 17.0 Å². The summed E-state index contributed by atoms with van der Waals surface area (Å²) in [5.74, 6) is -1.75. The van der Waals surface area contributed by atoms with E-state index in [0.717, 1.165) is 104 Å². The quantitative estimate of drug-likeness (QED) is 0.0750. The maximum atomic E-state index is 14.0. The van der Waals surface area contributed by atoms with Gasteiger partial charge >= 0.3 is 0 Å². The smallest absolute Gasteiger partial charge is 0.248 e. The van der Waals surface area contributed by atoms with Crippen molar-refractivity contribution in [3.63, 3.8) is 0 Å². The average Bonchev–Trinajstić information content (AvgIpc) is 1.26. The van der Waals surface area contributed by atoms with Crippen molar-refractivity contribution < 1.29 is 18.7 Å². The standard InChI is InChI=1S/C39H39Cl2FN8O2.C37H37Cl2FN8/c1-39(2,3)49-11-9-27(10-12-49)50-21-35(46-47-50)29(28-6-4-5-24-19-48(20-31(24)28)36(52)22-51)13-23-14-30-37(45-26-7-8-34(42)32(40)16-26)25(17-43)18-44-38(30)33(41)15-23;1-37(2,3)47-11-9-26(10-12-47)48-21-34(45-46-48)28(27-6-4-5-23-18-42-20-30(23)27)13-22-14-29-35(44-25-7-8-33(40)31(38)16-25)24(17-41)19-43-36(29)32(39)15-22/h4-8,14-16,18,21,27,29,51H,9-13,19-20,22H2,1-3H3,(H,44,45);4-8,14-16,19,21,26,28,42H,9-13,18,20H2,1-3H3,(H,43,44)/t29-;28-/m00/s1. The van der Waals surface area contributed by atoms with Crippen molar-refractivity contribution >= 4 is 96.9 Å². The fraction of sp³-hybridized carbons (Fsp3) is 0.355. The first kappa shape index (κ1) is 69.8. The van der Waals surface area contributed by atoms with Crippen LogP contribution in [0.1, 0.15) is 158 Å². The second kappa shape index (κ2) is 29.1. The number of carbonyl (C=O) groups excluding carboxylic acids is 1. The lowest BCUT2D eigenvalue weighted by Gasteiger charge is -2.40. The van der Waals surface area contributed by atoms with Crippen molar-refractivity contribution in [1.29, 1.82) is 10.5 Å². The molecular weight excluding hydrogens is 1350 g/mol. The van der Waals surface area contributed by atoms with Crippen LogP contribution in [0.3, 0.4) is 0 Å². The van der Waals surface area contributed by atoms with Crippen molar-refractivity contribution in [3.05, 3.63) is 221 Å². The molecule has 2 atom stereocenters. The molecule has 100 heavy (non-hydrogen) atoms. The van der Waals surface area contributed by atoms with Crippen LogP contribution < -0.4 is 16.0 Å². The Bertz CT molecular complexity index is 4850. The molecule has 0 bridgehead atoms. The lowest BCUT2D eigenvalue weighted by atomic mass is 9.85. The van der Waals surface area contributed by atoms with Gasteiger partial charge in [-0.05, 0) is 185 Å². The Balaban J connectivity index is 0.000000180. The Morgan fingerprint density at radius 1 is 0.610 bits per heavy atom. The summed E-state index contributed by atoms with van der Waals surface area (Å²) in [6, 6.07) is 34.0. The number of piperidine rings is 2. The van der Waals surface area contributed by atoms with E-state index in [1.807, 2.05) is 41.1 Å². The number of aliphatic hydroxyl groups is 1. The SMILES string of the molecule is CC(C)(C)N1CCC(n2cc([C@@H](Cc3cc(Cl)c4ncc(C#N)c(Nc5ccc(F)c(Cl)c5)c4c3)c3cccc4c3CN(C(=O)CO)C4)nn2)CC1.CC(C)(C)N1CCC(n2cc([C@@H](Cc3cc(Cl)c4ncc(C#N)c(Nc5ccc(F)c(Cl)c5)c4c3)c3cccc4c3CNC4)nn2)CC1. The Kier molecular flexibility index (Phi) is 20.3. The second-order valence-corrected chi connectivity index (χ2v) is 29.9. The number of fused-ring (bicyclic) bond motifs is 4. The summed E-state index contributed by atoms with van der Waals surface area (Å²) < 4.78 is 32.0. The van der Waals surface area contributed by atoms with Gasteiger partial charge in [0.2, 0.25) is 5.91 Å². The number of aliphatic hydroxyl groups excluding tert-OH is 1. The van der Waals surface area contributed by atoms with Crippen molar-refractivity contribution in [2.45, 2.75) is 141 Å². The van der Waals surface area contributed by atoms with Gasteiger partial charge in [-0.25, -0.2) is 18.1 Å². The fourth-order valence-corrected chi connectivity index (χ4v) is 15.5. The summed E-state index contributed by atoms with van der Waals surface area (Å²) >= 11 is 26.0. The van der Waals surface area contributed by atoms with Crippen molar-refractivity contribution in [2.75, 3.05) is 43.4 Å². The molecule has 4 aliphatic rings. The van der Waals surface area contributed by atoms with Crippen LogP contribution in [0.15, 0.2) is 122 Å². The zero-order valence-corrected chi connectivity index (χ0v) is 59.4. The van der Waals surface area contributed by atoms with Gasteiger partial charge in [0.15, 0.2) is 0 Å². The number of likely N-dealkylation sites (tertiary alicyclic amines) is 2. The third-order valence-corrected chi connectivity index (χ3v) is 21.2. The van der Waals surface area contributed by atoms with E-state index in [1.165, 1.54) is 53.3 Å². The van der Waals surface area contributed by atoms with E-state index in [2.05, 4.69) is 141 Å². The zero-order chi connectivity index (χ0) is 70.3. The molecule has 18 nitrogen and oxygen atoms in total. The van der Waals surface area contributed by atoms with Crippen LogP contribution >= 0.6 is 46.4 Å². The number of nitriles is 2. The Morgan fingerprint density at radius 3 is 1.51 bits per heavy atom. The van der Waals surface area contributed by atoms with E-state index in [4.69, 9.17) is 56.6 Å². The molecule has 514 valence electrons. The molecule has 0 saturated carbocycles. The van der Waals surface area contributed by atoms with Gasteiger partial charge in [-0.1, -0.05) is 93.2 Å². The number of benzene rings is 6. The highest BCUT2D eigenvalue weighted by Gasteiger charge is 2.35. The van der Waals surface area contributed by atoms with Crippen LogP contribution in [-0.2, 0) is 43.8 Å². The summed E-state index contributed by atoms with van der Waals surface area (Å²) in [6.07, 6.45) is 12.2. The molecule has 4 N–H and O–H groups in total. The van der Waals surface area contributed by atoms with Crippen LogP contribution in [0.2, 0.25) is 20.1 Å². The van der Waals surface area contributed by atoms with E-state index in [9.17, 15) is 29.2 Å². The molecule has 0 spiro atoms. The number of aromatic nitrogens is 8. The number of nitrogens with zero attached hydrogens (tertiary/aromatic N) is 13. The lowest BCUT2D eigenvalue weighted by molar-refractivity contribution is -0.134. The first-order valence-electron chi connectivity index (χ1n) is 33.6. The average molecular weight is 1430 g/mol. The number of pyridine rings is 2. The van der Waals surface area contributed by atoms with Crippen LogP contribution in [-0.4, -0.2) is 110 Å². The molecular formula is C76H76Cl4F2N16O2. The molecule has 1 amide bonds. The number of nitrogens with one attached hydrogen (secondary N) is 3. The van der Waals surface area contributed by atoms with E-state index in [-0.39, 0.29) is 50.5 Å². The summed E-state index contributed by atoms with van der Waals surface area (Å²) in [5, 5.41) is 60.8. The monoisotopic (exact) mass is 1420 g/mol.